The van der Waals surface area contributed by atoms with E-state index in [9.17, 15) is 0 Å². The summed E-state index contributed by atoms with van der Waals surface area (Å²) >= 11 is 0. The number of hydrogen-bond donors (Lipinski definition) is 0. The van der Waals surface area contributed by atoms with Crippen LogP contribution in [0.3, 0.4) is 0 Å². The molecule has 0 saturated heterocycles. The van der Waals surface area contributed by atoms with Crippen molar-refractivity contribution in [3.05, 3.63) is 54.4 Å². The van der Waals surface area contributed by atoms with Gasteiger partial charge >= 0.3 is 0 Å². The van der Waals surface area contributed by atoms with Crippen molar-refractivity contribution >= 4 is 11.4 Å². The van der Waals surface area contributed by atoms with Crippen LogP contribution >= 0.6 is 0 Å². The molecule has 2 rings (SSSR count). The molecule has 0 unspecified atom stereocenters. The summed E-state index contributed by atoms with van der Waals surface area (Å²) in [5.74, 6) is 0. The lowest BCUT2D eigenvalue weighted by Gasteiger charge is -2.23. The largest absolute Gasteiger partial charge is 0.342 e. The molecule has 0 atom stereocenters. The highest BCUT2D eigenvalue weighted by Crippen LogP contribution is 2.24. The molecule has 1 aromatic heterocycles. The molecule has 2 aromatic rings. The number of anilines is 2. The van der Waals surface area contributed by atoms with Gasteiger partial charge in [0.1, 0.15) is 0 Å². The van der Waals surface area contributed by atoms with Gasteiger partial charge in [-0.1, -0.05) is 17.7 Å². The van der Waals surface area contributed by atoms with Crippen molar-refractivity contribution in [2.24, 2.45) is 0 Å². The highest BCUT2D eigenvalue weighted by atomic mass is 15.1. The number of rotatable bonds is 3. The lowest BCUT2D eigenvalue weighted by Crippen LogP contribution is -2.15. The fourth-order valence-corrected chi connectivity index (χ4v) is 1.76. The van der Waals surface area contributed by atoms with Gasteiger partial charge in [-0.15, -0.1) is 0 Å². The van der Waals surface area contributed by atoms with Gasteiger partial charge in [-0.2, -0.15) is 0 Å². The minimum Gasteiger partial charge on any atom is -0.342 e. The van der Waals surface area contributed by atoms with Gasteiger partial charge in [0.15, 0.2) is 0 Å². The van der Waals surface area contributed by atoms with E-state index in [0.29, 0.717) is 0 Å². The van der Waals surface area contributed by atoms with Crippen LogP contribution < -0.4 is 4.90 Å². The summed E-state index contributed by atoms with van der Waals surface area (Å²) in [6.45, 7) is 5.21. The zero-order chi connectivity index (χ0) is 11.4. The average molecular weight is 212 g/mol. The number of hydrogen-bond acceptors (Lipinski definition) is 2. The maximum absolute atomic E-state index is 4.04. The van der Waals surface area contributed by atoms with Crippen molar-refractivity contribution in [2.75, 3.05) is 11.4 Å². The molecule has 82 valence electrons. The lowest BCUT2D eigenvalue weighted by molar-refractivity contribution is 1.02. The first kappa shape index (κ1) is 10.7. The van der Waals surface area contributed by atoms with Crippen LogP contribution in [0.1, 0.15) is 12.5 Å². The van der Waals surface area contributed by atoms with Crippen molar-refractivity contribution in [3.8, 4) is 0 Å². The quantitative estimate of drug-likeness (QED) is 0.773. The second kappa shape index (κ2) is 4.79. The predicted molar refractivity (Wildman–Crippen MR) is 68.1 cm³/mol. The first-order chi connectivity index (χ1) is 7.81. The number of nitrogens with zero attached hydrogens (tertiary/aromatic N) is 2. The van der Waals surface area contributed by atoms with Crippen LogP contribution in [0, 0.1) is 6.92 Å². The van der Waals surface area contributed by atoms with Crippen LogP contribution in [-0.2, 0) is 0 Å². The molecule has 0 radical (unpaired) electrons. The standard InChI is InChI=1S/C14H16N2/c1-3-16(14-8-10-15-11-9-14)13-6-4-12(2)5-7-13/h4-11H,3H2,1-2H3. The number of pyridine rings is 1. The zero-order valence-electron chi connectivity index (χ0n) is 9.72. The van der Waals surface area contributed by atoms with Gasteiger partial charge in [0.2, 0.25) is 0 Å². The van der Waals surface area contributed by atoms with Crippen LogP contribution in [-0.4, -0.2) is 11.5 Å². The summed E-state index contributed by atoms with van der Waals surface area (Å²) in [6.07, 6.45) is 3.65. The summed E-state index contributed by atoms with van der Waals surface area (Å²) in [4.78, 5) is 6.31. The van der Waals surface area contributed by atoms with Crippen LogP contribution in [0.5, 0.6) is 0 Å². The van der Waals surface area contributed by atoms with Gasteiger partial charge in [-0.3, -0.25) is 4.98 Å². The second-order valence-electron chi connectivity index (χ2n) is 3.79. The molecule has 0 N–H and O–H groups in total. The Morgan fingerprint density at radius 1 is 0.938 bits per heavy atom. The van der Waals surface area contributed by atoms with Gasteiger partial charge in [0.05, 0.1) is 0 Å². The molecule has 0 fully saturated rings. The van der Waals surface area contributed by atoms with E-state index < -0.39 is 0 Å². The van der Waals surface area contributed by atoms with Crippen LogP contribution in [0.25, 0.3) is 0 Å². The van der Waals surface area contributed by atoms with Crippen molar-refractivity contribution in [3.63, 3.8) is 0 Å². The Labute approximate surface area is 96.6 Å². The van der Waals surface area contributed by atoms with Crippen LogP contribution in [0.15, 0.2) is 48.8 Å². The summed E-state index contributed by atoms with van der Waals surface area (Å²) in [5.41, 5.74) is 3.69. The van der Waals surface area contributed by atoms with E-state index in [4.69, 9.17) is 0 Å². The van der Waals surface area contributed by atoms with E-state index in [1.165, 1.54) is 16.9 Å². The van der Waals surface area contributed by atoms with Crippen molar-refractivity contribution in [1.29, 1.82) is 0 Å². The summed E-state index contributed by atoms with van der Waals surface area (Å²) < 4.78 is 0. The molecule has 0 amide bonds. The second-order valence-corrected chi connectivity index (χ2v) is 3.79. The normalized spacial score (nSPS) is 10.1. The lowest BCUT2D eigenvalue weighted by atomic mass is 10.2. The zero-order valence-corrected chi connectivity index (χ0v) is 9.72. The van der Waals surface area contributed by atoms with E-state index in [-0.39, 0.29) is 0 Å². The molecule has 0 saturated carbocycles. The SMILES string of the molecule is CCN(c1ccncc1)c1ccc(C)cc1. The number of aromatic nitrogens is 1. The van der Waals surface area contributed by atoms with E-state index in [1.807, 2.05) is 24.5 Å². The summed E-state index contributed by atoms with van der Waals surface area (Å²) in [7, 11) is 0. The van der Waals surface area contributed by atoms with E-state index in [2.05, 4.69) is 48.0 Å². The number of benzene rings is 1. The Balaban J connectivity index is 2.33. The van der Waals surface area contributed by atoms with Gasteiger partial charge < -0.3 is 4.90 Å². The fourth-order valence-electron chi connectivity index (χ4n) is 1.76. The minimum atomic E-state index is 0.951. The monoisotopic (exact) mass is 212 g/mol. The third-order valence-corrected chi connectivity index (χ3v) is 2.64. The van der Waals surface area contributed by atoms with Crippen LogP contribution in [0.2, 0.25) is 0 Å². The fraction of sp³-hybridized carbons (Fsp3) is 0.214. The first-order valence-corrected chi connectivity index (χ1v) is 5.55. The Bertz CT molecular complexity index is 434. The molecule has 0 spiro atoms. The van der Waals surface area contributed by atoms with Gasteiger partial charge in [-0.25, -0.2) is 0 Å². The van der Waals surface area contributed by atoms with E-state index in [0.717, 1.165) is 6.54 Å². The van der Waals surface area contributed by atoms with Crippen LogP contribution in [0.4, 0.5) is 11.4 Å². The molecule has 0 aliphatic heterocycles. The van der Waals surface area contributed by atoms with Crippen molar-refractivity contribution in [1.82, 2.24) is 4.98 Å². The van der Waals surface area contributed by atoms with Gasteiger partial charge in [0, 0.05) is 30.3 Å². The third kappa shape index (κ3) is 2.22. The number of aryl methyl sites for hydroxylation is 1. The Morgan fingerprint density at radius 3 is 2.06 bits per heavy atom. The third-order valence-electron chi connectivity index (χ3n) is 2.64. The smallest absolute Gasteiger partial charge is 0.0441 e. The molecule has 1 heterocycles. The molecule has 0 aliphatic carbocycles. The first-order valence-electron chi connectivity index (χ1n) is 5.55. The summed E-state index contributed by atoms with van der Waals surface area (Å²) in [5, 5.41) is 0. The molecular weight excluding hydrogens is 196 g/mol. The highest BCUT2D eigenvalue weighted by Gasteiger charge is 2.05. The maximum atomic E-state index is 4.04. The minimum absolute atomic E-state index is 0.951. The van der Waals surface area contributed by atoms with E-state index in [1.54, 1.807) is 0 Å². The predicted octanol–water partition coefficient (Wildman–Crippen LogP) is 3.55. The summed E-state index contributed by atoms with van der Waals surface area (Å²) in [6, 6.07) is 12.6. The molecule has 16 heavy (non-hydrogen) atoms. The molecule has 0 bridgehead atoms. The average Bonchev–Trinajstić information content (AvgIpc) is 2.34. The molecule has 2 nitrogen and oxygen atoms in total. The molecule has 2 heteroatoms. The highest BCUT2D eigenvalue weighted by molar-refractivity contribution is 5.62. The van der Waals surface area contributed by atoms with Crippen molar-refractivity contribution < 1.29 is 0 Å². The van der Waals surface area contributed by atoms with Gasteiger partial charge in [0.25, 0.3) is 0 Å². The Hall–Kier alpha value is -1.83. The molecular formula is C14H16N2. The Morgan fingerprint density at radius 2 is 1.50 bits per heavy atom. The topological polar surface area (TPSA) is 16.1 Å². The van der Waals surface area contributed by atoms with Crippen molar-refractivity contribution in [2.45, 2.75) is 13.8 Å². The van der Waals surface area contributed by atoms with E-state index >= 15 is 0 Å². The molecule has 0 aliphatic rings. The Kier molecular flexibility index (Phi) is 3.20. The van der Waals surface area contributed by atoms with Gasteiger partial charge in [-0.05, 0) is 38.1 Å². The molecule has 1 aromatic carbocycles. The maximum Gasteiger partial charge on any atom is 0.0441 e.